The van der Waals surface area contributed by atoms with Crippen LogP contribution >= 0.6 is 0 Å². The molecule has 1 aliphatic heterocycles. The quantitative estimate of drug-likeness (QED) is 0.122. The Hall–Kier alpha value is -0.580. The molecule has 0 bridgehead atoms. The van der Waals surface area contributed by atoms with Crippen LogP contribution < -0.4 is 5.73 Å². The lowest BCUT2D eigenvalue weighted by molar-refractivity contribution is -0.239. The Balaban J connectivity index is 2.07. The van der Waals surface area contributed by atoms with E-state index in [4.69, 9.17) is 15.2 Å². The number of hydrogen-bond donors (Lipinski definition) is 6. The summed E-state index contributed by atoms with van der Waals surface area (Å²) in [6.07, 6.45) is 12.0. The summed E-state index contributed by atoms with van der Waals surface area (Å²) >= 11 is 0. The fourth-order valence-electron chi connectivity index (χ4n) is 4.04. The Kier molecular flexibility index (Phi) is 17.3. The van der Waals surface area contributed by atoms with E-state index < -0.39 is 49.3 Å². The second-order valence-electron chi connectivity index (χ2n) is 9.31. The van der Waals surface area contributed by atoms with Gasteiger partial charge in [-0.2, -0.15) is 0 Å². The molecule has 7 N–H and O–H groups in total. The van der Waals surface area contributed by atoms with Gasteiger partial charge in [-0.3, -0.25) is 0 Å². The van der Waals surface area contributed by atoms with E-state index in [2.05, 4.69) is 6.92 Å². The van der Waals surface area contributed by atoms with Gasteiger partial charge < -0.3 is 40.7 Å². The molecule has 0 saturated carbocycles. The highest BCUT2D eigenvalue weighted by Crippen LogP contribution is 2.21. The first-order valence-corrected chi connectivity index (χ1v) is 12.9. The van der Waals surface area contributed by atoms with Gasteiger partial charge in [-0.1, -0.05) is 83.3 Å². The van der Waals surface area contributed by atoms with Crippen LogP contribution in [0.3, 0.4) is 0 Å². The van der Waals surface area contributed by atoms with Crippen molar-refractivity contribution in [2.75, 3.05) is 19.8 Å². The van der Waals surface area contributed by atoms with Crippen molar-refractivity contribution in [2.24, 2.45) is 5.73 Å². The van der Waals surface area contributed by atoms with E-state index in [1.54, 1.807) is 6.08 Å². The predicted molar refractivity (Wildman–Crippen MR) is 129 cm³/mol. The second-order valence-corrected chi connectivity index (χ2v) is 9.31. The number of rotatable bonds is 19. The molecule has 3 unspecified atom stereocenters. The maximum atomic E-state index is 10.2. The molecule has 196 valence electrons. The first-order chi connectivity index (χ1) is 15.9. The standard InChI is InChI=1S/C25H49NO7/c1-2-3-4-5-6-7-8-9-10-11-12-13-14-15-20(28)19(26)17-32-18-22-24(30)25(31)23(29)21(16-27)33-22/h14-15,19-25,27-31H,2-13,16-18,26H2,1H3/b15-14+/t19?,20-,21?,22+,23-,24?,25+/m1/s1. The molecule has 1 saturated heterocycles. The molecule has 0 aromatic rings. The lowest BCUT2D eigenvalue weighted by atomic mass is 9.95. The van der Waals surface area contributed by atoms with Gasteiger partial charge in [-0.05, 0) is 12.8 Å². The number of nitrogens with two attached hydrogens (primary N) is 1. The fraction of sp³-hybridized carbons (Fsp3) is 0.920. The summed E-state index contributed by atoms with van der Waals surface area (Å²) < 4.78 is 10.8. The van der Waals surface area contributed by atoms with E-state index in [1.165, 1.54) is 64.2 Å². The summed E-state index contributed by atoms with van der Waals surface area (Å²) in [5.74, 6) is 0. The van der Waals surface area contributed by atoms with Gasteiger partial charge in [0.2, 0.25) is 0 Å². The van der Waals surface area contributed by atoms with Gasteiger partial charge in [0.25, 0.3) is 0 Å². The van der Waals surface area contributed by atoms with E-state index in [-0.39, 0.29) is 13.2 Å². The molecule has 1 heterocycles. The van der Waals surface area contributed by atoms with Gasteiger partial charge in [0.1, 0.15) is 30.5 Å². The molecular weight excluding hydrogens is 426 g/mol. The molecule has 0 aromatic heterocycles. The zero-order valence-corrected chi connectivity index (χ0v) is 20.4. The van der Waals surface area contributed by atoms with Crippen LogP contribution in [-0.2, 0) is 9.47 Å². The molecule has 1 aliphatic rings. The summed E-state index contributed by atoms with van der Waals surface area (Å²) in [5, 5.41) is 48.9. The van der Waals surface area contributed by atoms with Crippen LogP contribution in [0.15, 0.2) is 12.2 Å². The third-order valence-electron chi connectivity index (χ3n) is 6.33. The average Bonchev–Trinajstić information content (AvgIpc) is 2.81. The van der Waals surface area contributed by atoms with Crippen molar-refractivity contribution in [1.29, 1.82) is 0 Å². The molecule has 0 aliphatic carbocycles. The normalized spacial score (nSPS) is 27.8. The Morgan fingerprint density at radius 2 is 1.39 bits per heavy atom. The predicted octanol–water partition coefficient (Wildman–Crippen LogP) is 1.79. The first kappa shape index (κ1) is 30.5. The number of aliphatic hydroxyl groups is 5. The summed E-state index contributed by atoms with van der Waals surface area (Å²) in [7, 11) is 0. The smallest absolute Gasteiger partial charge is 0.111 e. The van der Waals surface area contributed by atoms with Gasteiger partial charge in [-0.15, -0.1) is 0 Å². The molecule has 0 spiro atoms. The van der Waals surface area contributed by atoms with E-state index in [0.717, 1.165) is 12.8 Å². The zero-order valence-electron chi connectivity index (χ0n) is 20.4. The lowest BCUT2D eigenvalue weighted by Crippen LogP contribution is -2.59. The topological polar surface area (TPSA) is 146 Å². The maximum absolute atomic E-state index is 10.2. The van der Waals surface area contributed by atoms with Crippen molar-refractivity contribution in [3.8, 4) is 0 Å². The number of ether oxygens (including phenoxy) is 2. The number of unbranched alkanes of at least 4 members (excludes halogenated alkanes) is 11. The lowest BCUT2D eigenvalue weighted by Gasteiger charge is -2.40. The molecule has 0 radical (unpaired) electrons. The SMILES string of the molecule is CCCCCCCCCCCCC/C=C/[C@@H](O)C(N)COC[C@@H]1OC(CO)[C@@H](O)[C@H](O)C1O. The van der Waals surface area contributed by atoms with Crippen molar-refractivity contribution in [3.63, 3.8) is 0 Å². The van der Waals surface area contributed by atoms with Gasteiger partial charge in [0.15, 0.2) is 0 Å². The van der Waals surface area contributed by atoms with Crippen LogP contribution in [0.4, 0.5) is 0 Å². The third-order valence-corrected chi connectivity index (χ3v) is 6.33. The average molecular weight is 476 g/mol. The fourth-order valence-corrected chi connectivity index (χ4v) is 4.04. The summed E-state index contributed by atoms with van der Waals surface area (Å²) in [6.45, 7) is 1.73. The van der Waals surface area contributed by atoms with Crippen LogP contribution in [0.25, 0.3) is 0 Å². The Morgan fingerprint density at radius 1 is 0.848 bits per heavy atom. The van der Waals surface area contributed by atoms with Crippen molar-refractivity contribution < 1.29 is 35.0 Å². The van der Waals surface area contributed by atoms with Crippen molar-refractivity contribution in [2.45, 2.75) is 127 Å². The molecular formula is C25H49NO7. The molecule has 1 fully saturated rings. The van der Waals surface area contributed by atoms with E-state index in [0.29, 0.717) is 0 Å². The van der Waals surface area contributed by atoms with Crippen LogP contribution in [0.1, 0.15) is 84.0 Å². The minimum Gasteiger partial charge on any atom is -0.394 e. The summed E-state index contributed by atoms with van der Waals surface area (Å²) in [6, 6.07) is -0.636. The van der Waals surface area contributed by atoms with Crippen LogP contribution in [-0.4, -0.2) is 88.0 Å². The second kappa shape index (κ2) is 18.7. The number of aliphatic hydroxyl groups excluding tert-OH is 5. The molecule has 8 heteroatoms. The number of allylic oxidation sites excluding steroid dienone is 1. The molecule has 8 nitrogen and oxygen atoms in total. The summed E-state index contributed by atoms with van der Waals surface area (Å²) in [5.41, 5.74) is 5.96. The van der Waals surface area contributed by atoms with Crippen LogP contribution in [0, 0.1) is 0 Å². The highest BCUT2D eigenvalue weighted by molar-refractivity contribution is 4.94. The van der Waals surface area contributed by atoms with Crippen molar-refractivity contribution in [1.82, 2.24) is 0 Å². The molecule has 1 rings (SSSR count). The molecule has 33 heavy (non-hydrogen) atoms. The largest absolute Gasteiger partial charge is 0.394 e. The molecule has 0 amide bonds. The van der Waals surface area contributed by atoms with Gasteiger partial charge >= 0.3 is 0 Å². The summed E-state index contributed by atoms with van der Waals surface area (Å²) in [4.78, 5) is 0. The van der Waals surface area contributed by atoms with Gasteiger partial charge in [-0.25, -0.2) is 0 Å². The Morgan fingerprint density at radius 3 is 1.97 bits per heavy atom. The number of hydrogen-bond acceptors (Lipinski definition) is 8. The third kappa shape index (κ3) is 12.6. The Labute approximate surface area is 199 Å². The maximum Gasteiger partial charge on any atom is 0.111 e. The molecule has 7 atom stereocenters. The van der Waals surface area contributed by atoms with Gasteiger partial charge in [0, 0.05) is 0 Å². The Bertz CT molecular complexity index is 491. The van der Waals surface area contributed by atoms with E-state index >= 15 is 0 Å². The molecule has 0 aromatic carbocycles. The first-order valence-electron chi connectivity index (χ1n) is 12.9. The highest BCUT2D eigenvalue weighted by Gasteiger charge is 2.43. The minimum absolute atomic E-state index is 0.0406. The van der Waals surface area contributed by atoms with Gasteiger partial charge in [0.05, 0.1) is 32.0 Å². The minimum atomic E-state index is -1.43. The van der Waals surface area contributed by atoms with Crippen molar-refractivity contribution in [3.05, 3.63) is 12.2 Å². The van der Waals surface area contributed by atoms with E-state index in [9.17, 15) is 25.5 Å². The van der Waals surface area contributed by atoms with Crippen molar-refractivity contribution >= 4 is 0 Å². The zero-order chi connectivity index (χ0) is 24.5. The van der Waals surface area contributed by atoms with Crippen LogP contribution in [0.2, 0.25) is 0 Å². The monoisotopic (exact) mass is 475 g/mol. The van der Waals surface area contributed by atoms with E-state index in [1.807, 2.05) is 6.08 Å². The van der Waals surface area contributed by atoms with Crippen LogP contribution in [0.5, 0.6) is 0 Å². The highest BCUT2D eigenvalue weighted by atomic mass is 16.6.